The van der Waals surface area contributed by atoms with Gasteiger partial charge in [0, 0.05) is 10.6 Å². The average Bonchev–Trinajstić information content (AvgIpc) is 2.60. The minimum atomic E-state index is -0.300. The van der Waals surface area contributed by atoms with E-state index in [9.17, 15) is 4.79 Å². The van der Waals surface area contributed by atoms with E-state index >= 15 is 0 Å². The van der Waals surface area contributed by atoms with E-state index in [-0.39, 0.29) is 11.9 Å². The van der Waals surface area contributed by atoms with Crippen LogP contribution in [0.25, 0.3) is 0 Å². The van der Waals surface area contributed by atoms with Crippen molar-refractivity contribution in [1.29, 1.82) is 0 Å². The molecule has 5 nitrogen and oxygen atoms in total. The average molecular weight is 350 g/mol. The molecular formula is C18H20ClNO4. The zero-order valence-corrected chi connectivity index (χ0v) is 14.8. The lowest BCUT2D eigenvalue weighted by atomic mass is 10.1. The predicted molar refractivity (Wildman–Crippen MR) is 93.4 cm³/mol. The molecule has 0 aliphatic heterocycles. The van der Waals surface area contributed by atoms with E-state index in [1.165, 1.54) is 7.11 Å². The van der Waals surface area contributed by atoms with Gasteiger partial charge in [-0.05, 0) is 43.3 Å². The monoisotopic (exact) mass is 349 g/mol. The quantitative estimate of drug-likeness (QED) is 0.860. The molecular weight excluding hydrogens is 330 g/mol. The lowest BCUT2D eigenvalue weighted by Gasteiger charge is -2.19. The van der Waals surface area contributed by atoms with Gasteiger partial charge in [-0.2, -0.15) is 0 Å². The van der Waals surface area contributed by atoms with Crippen molar-refractivity contribution in [3.63, 3.8) is 0 Å². The van der Waals surface area contributed by atoms with Crippen LogP contribution in [0.4, 0.5) is 0 Å². The van der Waals surface area contributed by atoms with Crippen molar-refractivity contribution >= 4 is 17.5 Å². The van der Waals surface area contributed by atoms with Gasteiger partial charge in [-0.1, -0.05) is 11.6 Å². The molecule has 24 heavy (non-hydrogen) atoms. The standard InChI is InChI=1S/C18H20ClNO4/c1-11(14-10-13(22-2)6-8-16(14)23-3)20-18(21)15-9-12(19)5-7-17(15)24-4/h5-11H,1-4H3,(H,20,21)/t11-/m0/s1. The van der Waals surface area contributed by atoms with Crippen LogP contribution in [-0.2, 0) is 0 Å². The minimum absolute atomic E-state index is 0.285. The Morgan fingerprint density at radius 1 is 1.00 bits per heavy atom. The van der Waals surface area contributed by atoms with E-state index in [2.05, 4.69) is 5.32 Å². The summed E-state index contributed by atoms with van der Waals surface area (Å²) in [4.78, 5) is 12.6. The summed E-state index contributed by atoms with van der Waals surface area (Å²) >= 11 is 5.99. The Morgan fingerprint density at radius 3 is 2.29 bits per heavy atom. The third kappa shape index (κ3) is 3.92. The molecule has 0 unspecified atom stereocenters. The second-order valence-electron chi connectivity index (χ2n) is 5.15. The number of hydrogen-bond acceptors (Lipinski definition) is 4. The summed E-state index contributed by atoms with van der Waals surface area (Å²) in [5.41, 5.74) is 1.19. The van der Waals surface area contributed by atoms with E-state index in [0.717, 1.165) is 5.56 Å². The lowest BCUT2D eigenvalue weighted by Crippen LogP contribution is -2.27. The summed E-state index contributed by atoms with van der Waals surface area (Å²) < 4.78 is 15.8. The van der Waals surface area contributed by atoms with Crippen LogP contribution in [0, 0.1) is 0 Å². The normalized spacial score (nSPS) is 11.5. The van der Waals surface area contributed by atoms with E-state index in [0.29, 0.717) is 27.8 Å². The summed E-state index contributed by atoms with van der Waals surface area (Å²) in [5.74, 6) is 1.53. The number of halogens is 1. The summed E-state index contributed by atoms with van der Waals surface area (Å²) in [7, 11) is 4.68. The molecule has 1 atom stereocenters. The molecule has 0 heterocycles. The van der Waals surface area contributed by atoms with E-state index < -0.39 is 0 Å². The van der Waals surface area contributed by atoms with Crippen molar-refractivity contribution in [3.05, 3.63) is 52.5 Å². The highest BCUT2D eigenvalue weighted by molar-refractivity contribution is 6.31. The predicted octanol–water partition coefficient (Wildman–Crippen LogP) is 3.86. The zero-order chi connectivity index (χ0) is 17.7. The molecule has 128 valence electrons. The van der Waals surface area contributed by atoms with Crippen molar-refractivity contribution in [2.45, 2.75) is 13.0 Å². The number of carbonyl (C=O) groups excluding carboxylic acids is 1. The molecule has 0 aliphatic rings. The number of hydrogen-bond donors (Lipinski definition) is 1. The number of nitrogens with one attached hydrogen (secondary N) is 1. The highest BCUT2D eigenvalue weighted by Gasteiger charge is 2.19. The SMILES string of the molecule is COc1ccc(OC)c([C@H](C)NC(=O)c2cc(Cl)ccc2OC)c1. The number of carbonyl (C=O) groups is 1. The fraction of sp³-hybridized carbons (Fsp3) is 0.278. The van der Waals surface area contributed by atoms with Crippen LogP contribution in [0.15, 0.2) is 36.4 Å². The van der Waals surface area contributed by atoms with Crippen molar-refractivity contribution in [2.75, 3.05) is 21.3 Å². The van der Waals surface area contributed by atoms with Gasteiger partial charge in [0.25, 0.3) is 5.91 Å². The lowest BCUT2D eigenvalue weighted by molar-refractivity contribution is 0.0936. The molecule has 0 saturated carbocycles. The van der Waals surface area contributed by atoms with Gasteiger partial charge in [-0.3, -0.25) is 4.79 Å². The van der Waals surface area contributed by atoms with E-state index in [1.54, 1.807) is 44.6 Å². The summed E-state index contributed by atoms with van der Waals surface area (Å²) in [6, 6.07) is 10.0. The number of benzene rings is 2. The Bertz CT molecular complexity index is 733. The summed E-state index contributed by atoms with van der Waals surface area (Å²) in [6.45, 7) is 1.87. The van der Waals surface area contributed by atoms with Gasteiger partial charge in [0.2, 0.25) is 0 Å². The topological polar surface area (TPSA) is 56.8 Å². The summed E-state index contributed by atoms with van der Waals surface area (Å²) in [5, 5.41) is 3.39. The Morgan fingerprint density at radius 2 is 1.67 bits per heavy atom. The van der Waals surface area contributed by atoms with Crippen molar-refractivity contribution in [3.8, 4) is 17.2 Å². The van der Waals surface area contributed by atoms with Crippen molar-refractivity contribution in [1.82, 2.24) is 5.32 Å². The van der Waals surface area contributed by atoms with Crippen LogP contribution in [0.1, 0.15) is 28.9 Å². The number of rotatable bonds is 6. The Kier molecular flexibility index (Phi) is 5.93. The van der Waals surface area contributed by atoms with Crippen LogP contribution in [-0.4, -0.2) is 27.2 Å². The first kappa shape index (κ1) is 17.9. The molecule has 1 N–H and O–H groups in total. The first-order valence-corrected chi connectivity index (χ1v) is 7.74. The van der Waals surface area contributed by atoms with Gasteiger partial charge < -0.3 is 19.5 Å². The van der Waals surface area contributed by atoms with Gasteiger partial charge in [-0.25, -0.2) is 0 Å². The Labute approximate surface area is 146 Å². The first-order chi connectivity index (χ1) is 11.5. The Balaban J connectivity index is 2.28. The zero-order valence-electron chi connectivity index (χ0n) is 14.1. The van der Waals surface area contributed by atoms with E-state index in [1.807, 2.05) is 13.0 Å². The second kappa shape index (κ2) is 7.93. The number of ether oxygens (including phenoxy) is 3. The van der Waals surface area contributed by atoms with Gasteiger partial charge >= 0.3 is 0 Å². The smallest absolute Gasteiger partial charge is 0.255 e. The second-order valence-corrected chi connectivity index (χ2v) is 5.58. The number of methoxy groups -OCH3 is 3. The van der Waals surface area contributed by atoms with Crippen molar-refractivity contribution in [2.24, 2.45) is 0 Å². The van der Waals surface area contributed by atoms with Crippen LogP contribution in [0.2, 0.25) is 5.02 Å². The highest BCUT2D eigenvalue weighted by Crippen LogP contribution is 2.30. The molecule has 0 spiro atoms. The highest BCUT2D eigenvalue weighted by atomic mass is 35.5. The fourth-order valence-electron chi connectivity index (χ4n) is 2.39. The Hall–Kier alpha value is -2.40. The van der Waals surface area contributed by atoms with Gasteiger partial charge in [0.05, 0.1) is 32.9 Å². The maximum atomic E-state index is 12.6. The third-order valence-corrected chi connectivity index (χ3v) is 3.89. The molecule has 2 aromatic carbocycles. The fourth-order valence-corrected chi connectivity index (χ4v) is 2.56. The molecule has 0 bridgehead atoms. The van der Waals surface area contributed by atoms with Crippen LogP contribution < -0.4 is 19.5 Å². The van der Waals surface area contributed by atoms with Crippen LogP contribution in [0.5, 0.6) is 17.2 Å². The minimum Gasteiger partial charge on any atom is -0.497 e. The number of amides is 1. The maximum Gasteiger partial charge on any atom is 0.255 e. The molecule has 0 aromatic heterocycles. The van der Waals surface area contributed by atoms with Gasteiger partial charge in [-0.15, -0.1) is 0 Å². The first-order valence-electron chi connectivity index (χ1n) is 7.36. The molecule has 6 heteroatoms. The van der Waals surface area contributed by atoms with Crippen LogP contribution in [0.3, 0.4) is 0 Å². The maximum absolute atomic E-state index is 12.6. The van der Waals surface area contributed by atoms with Gasteiger partial charge in [0.1, 0.15) is 17.2 Å². The summed E-state index contributed by atoms with van der Waals surface area (Å²) in [6.07, 6.45) is 0. The molecule has 0 radical (unpaired) electrons. The largest absolute Gasteiger partial charge is 0.497 e. The molecule has 2 aromatic rings. The third-order valence-electron chi connectivity index (χ3n) is 3.66. The van der Waals surface area contributed by atoms with Crippen LogP contribution >= 0.6 is 11.6 Å². The molecule has 1 amide bonds. The van der Waals surface area contributed by atoms with E-state index in [4.69, 9.17) is 25.8 Å². The van der Waals surface area contributed by atoms with Crippen molar-refractivity contribution < 1.29 is 19.0 Å². The molecule has 0 aliphatic carbocycles. The molecule has 2 rings (SSSR count). The van der Waals surface area contributed by atoms with Gasteiger partial charge in [0.15, 0.2) is 0 Å². The molecule has 0 saturated heterocycles. The molecule has 0 fully saturated rings.